The number of rotatable bonds is 4. The molecule has 0 bridgehead atoms. The quantitative estimate of drug-likeness (QED) is 0.893. The third-order valence-electron chi connectivity index (χ3n) is 3.13. The summed E-state index contributed by atoms with van der Waals surface area (Å²) >= 11 is 0. The molecule has 0 aromatic heterocycles. The number of ether oxygens (including phenoxy) is 1. The van der Waals surface area contributed by atoms with Gasteiger partial charge in [-0.05, 0) is 31.4 Å². The van der Waals surface area contributed by atoms with Gasteiger partial charge in [0.15, 0.2) is 0 Å². The van der Waals surface area contributed by atoms with Crippen LogP contribution >= 0.6 is 0 Å². The summed E-state index contributed by atoms with van der Waals surface area (Å²) in [5.74, 6) is 0.0562. The van der Waals surface area contributed by atoms with Crippen molar-refractivity contribution in [1.29, 1.82) is 5.26 Å². The van der Waals surface area contributed by atoms with Gasteiger partial charge >= 0.3 is 6.61 Å². The van der Waals surface area contributed by atoms with Crippen LogP contribution in [0, 0.1) is 17.2 Å². The number of hydrogen-bond donors (Lipinski definition) is 1. The molecule has 0 heterocycles. The van der Waals surface area contributed by atoms with Crippen LogP contribution in [-0.2, 0) is 0 Å². The fraction of sp³-hybridized carbons (Fsp3) is 0.462. The van der Waals surface area contributed by atoms with Crippen molar-refractivity contribution in [3.8, 4) is 11.8 Å². The molecule has 2 unspecified atom stereocenters. The second-order valence-electron chi connectivity index (χ2n) is 4.29. The number of nitrogens with one attached hydrogen (secondary N) is 1. The molecule has 1 N–H and O–H groups in total. The van der Waals surface area contributed by atoms with Crippen LogP contribution in [-0.4, -0.2) is 12.7 Å². The Bertz CT molecular complexity index is 445. The van der Waals surface area contributed by atoms with Crippen molar-refractivity contribution in [3.63, 3.8) is 0 Å². The Hall–Kier alpha value is -1.83. The van der Waals surface area contributed by atoms with Crippen LogP contribution in [0.2, 0.25) is 0 Å². The maximum Gasteiger partial charge on any atom is 0.387 e. The van der Waals surface area contributed by atoms with E-state index in [1.54, 1.807) is 18.2 Å². The molecular formula is C13H14F2N2O. The lowest BCUT2D eigenvalue weighted by atomic mass is 10.1. The first-order chi connectivity index (χ1) is 8.70. The van der Waals surface area contributed by atoms with Gasteiger partial charge in [-0.15, -0.1) is 0 Å². The lowest BCUT2D eigenvalue weighted by Gasteiger charge is -2.19. The highest BCUT2D eigenvalue weighted by Crippen LogP contribution is 2.32. The molecule has 18 heavy (non-hydrogen) atoms. The average molecular weight is 252 g/mol. The first-order valence-electron chi connectivity index (χ1n) is 5.90. The molecule has 0 saturated heterocycles. The van der Waals surface area contributed by atoms with Gasteiger partial charge in [-0.3, -0.25) is 0 Å². The molecule has 96 valence electrons. The third-order valence-corrected chi connectivity index (χ3v) is 3.13. The Morgan fingerprint density at radius 3 is 2.83 bits per heavy atom. The summed E-state index contributed by atoms with van der Waals surface area (Å²) in [6, 6.07) is 8.82. The standard InChI is InChI=1S/C13H14F2N2O/c14-13(15)18-12-7-2-1-5-11(12)17-10-6-3-4-9(10)8-16/h1-2,5,7,9-10,13,17H,3-4,6H2. The van der Waals surface area contributed by atoms with Crippen LogP contribution in [0.1, 0.15) is 19.3 Å². The monoisotopic (exact) mass is 252 g/mol. The van der Waals surface area contributed by atoms with Gasteiger partial charge < -0.3 is 10.1 Å². The zero-order valence-electron chi connectivity index (χ0n) is 9.77. The number of alkyl halides is 2. The van der Waals surface area contributed by atoms with Crippen molar-refractivity contribution >= 4 is 5.69 Å². The van der Waals surface area contributed by atoms with E-state index in [1.807, 2.05) is 0 Å². The van der Waals surface area contributed by atoms with E-state index in [0.717, 1.165) is 19.3 Å². The smallest absolute Gasteiger partial charge is 0.387 e. The average Bonchev–Trinajstić information content (AvgIpc) is 2.78. The van der Waals surface area contributed by atoms with Crippen molar-refractivity contribution in [2.45, 2.75) is 31.9 Å². The van der Waals surface area contributed by atoms with Gasteiger partial charge in [0.2, 0.25) is 0 Å². The van der Waals surface area contributed by atoms with Gasteiger partial charge in [0.25, 0.3) is 0 Å². The minimum Gasteiger partial charge on any atom is -0.433 e. The molecule has 0 amide bonds. The number of nitrogens with zero attached hydrogens (tertiary/aromatic N) is 1. The van der Waals surface area contributed by atoms with E-state index in [0.29, 0.717) is 5.69 Å². The minimum absolute atomic E-state index is 0.0115. The van der Waals surface area contributed by atoms with Gasteiger partial charge in [-0.2, -0.15) is 14.0 Å². The number of nitriles is 1. The fourth-order valence-electron chi connectivity index (χ4n) is 2.27. The zero-order valence-corrected chi connectivity index (χ0v) is 9.77. The third kappa shape index (κ3) is 2.89. The molecular weight excluding hydrogens is 238 g/mol. The molecule has 0 aliphatic heterocycles. The molecule has 2 atom stereocenters. The maximum absolute atomic E-state index is 12.3. The minimum atomic E-state index is -2.84. The number of benzene rings is 1. The van der Waals surface area contributed by atoms with Crippen LogP contribution in [0.15, 0.2) is 24.3 Å². The Morgan fingerprint density at radius 2 is 2.11 bits per heavy atom. The molecule has 5 heteroatoms. The molecule has 0 radical (unpaired) electrons. The maximum atomic E-state index is 12.3. The first-order valence-corrected chi connectivity index (χ1v) is 5.90. The second-order valence-corrected chi connectivity index (χ2v) is 4.29. The largest absolute Gasteiger partial charge is 0.433 e. The van der Waals surface area contributed by atoms with E-state index in [1.165, 1.54) is 6.07 Å². The number of hydrogen-bond acceptors (Lipinski definition) is 3. The number of anilines is 1. The predicted octanol–water partition coefficient (Wildman–Crippen LogP) is 3.39. The van der Waals surface area contributed by atoms with Crippen LogP contribution in [0.25, 0.3) is 0 Å². The molecule has 1 aromatic rings. The second kappa shape index (κ2) is 5.67. The topological polar surface area (TPSA) is 45.0 Å². The lowest BCUT2D eigenvalue weighted by Crippen LogP contribution is -2.23. The summed E-state index contributed by atoms with van der Waals surface area (Å²) in [5.41, 5.74) is 0.518. The van der Waals surface area contributed by atoms with Crippen LogP contribution < -0.4 is 10.1 Å². The zero-order chi connectivity index (χ0) is 13.0. The van der Waals surface area contributed by atoms with Crippen LogP contribution in [0.3, 0.4) is 0 Å². The molecule has 1 fully saturated rings. The van der Waals surface area contributed by atoms with Crippen molar-refractivity contribution in [3.05, 3.63) is 24.3 Å². The van der Waals surface area contributed by atoms with Gasteiger partial charge in [-0.1, -0.05) is 12.1 Å². The van der Waals surface area contributed by atoms with E-state index in [-0.39, 0.29) is 17.7 Å². The molecule has 1 aliphatic rings. The summed E-state index contributed by atoms with van der Waals surface area (Å²) in [6.45, 7) is -2.84. The highest BCUT2D eigenvalue weighted by molar-refractivity contribution is 5.57. The summed E-state index contributed by atoms with van der Waals surface area (Å²) in [6.07, 6.45) is 2.71. The Balaban J connectivity index is 2.11. The summed E-state index contributed by atoms with van der Waals surface area (Å²) in [4.78, 5) is 0. The summed E-state index contributed by atoms with van der Waals surface area (Å²) in [5, 5.41) is 12.1. The molecule has 0 spiro atoms. The van der Waals surface area contributed by atoms with Crippen LogP contribution in [0.5, 0.6) is 5.75 Å². The molecule has 1 aromatic carbocycles. The van der Waals surface area contributed by atoms with Crippen molar-refractivity contribution in [2.75, 3.05) is 5.32 Å². The van der Waals surface area contributed by atoms with E-state index >= 15 is 0 Å². The van der Waals surface area contributed by atoms with E-state index in [2.05, 4.69) is 16.1 Å². The van der Waals surface area contributed by atoms with Gasteiger partial charge in [-0.25, -0.2) is 0 Å². The summed E-state index contributed by atoms with van der Waals surface area (Å²) < 4.78 is 29.0. The highest BCUT2D eigenvalue weighted by atomic mass is 19.3. The lowest BCUT2D eigenvalue weighted by molar-refractivity contribution is -0.0493. The predicted molar refractivity (Wildman–Crippen MR) is 63.4 cm³/mol. The Kier molecular flexibility index (Phi) is 3.98. The van der Waals surface area contributed by atoms with Crippen molar-refractivity contribution < 1.29 is 13.5 Å². The summed E-state index contributed by atoms with van der Waals surface area (Å²) in [7, 11) is 0. The molecule has 3 nitrogen and oxygen atoms in total. The normalized spacial score (nSPS) is 22.8. The van der Waals surface area contributed by atoms with E-state index in [4.69, 9.17) is 5.26 Å². The molecule has 2 rings (SSSR count). The van der Waals surface area contributed by atoms with Crippen molar-refractivity contribution in [2.24, 2.45) is 5.92 Å². The fourth-order valence-corrected chi connectivity index (χ4v) is 2.27. The van der Waals surface area contributed by atoms with Crippen molar-refractivity contribution in [1.82, 2.24) is 0 Å². The Labute approximate surface area is 104 Å². The van der Waals surface area contributed by atoms with Gasteiger partial charge in [0, 0.05) is 6.04 Å². The molecule has 1 aliphatic carbocycles. The van der Waals surface area contributed by atoms with E-state index in [9.17, 15) is 8.78 Å². The molecule has 1 saturated carbocycles. The SMILES string of the molecule is N#CC1CCCC1Nc1ccccc1OC(F)F. The number of halogens is 2. The van der Waals surface area contributed by atoms with Gasteiger partial charge in [0.1, 0.15) is 5.75 Å². The van der Waals surface area contributed by atoms with E-state index < -0.39 is 6.61 Å². The van der Waals surface area contributed by atoms with Crippen LogP contribution in [0.4, 0.5) is 14.5 Å². The highest BCUT2D eigenvalue weighted by Gasteiger charge is 2.27. The first kappa shape index (κ1) is 12.6. The van der Waals surface area contributed by atoms with Gasteiger partial charge in [0.05, 0.1) is 17.7 Å². The number of para-hydroxylation sites is 2. The Morgan fingerprint density at radius 1 is 1.33 bits per heavy atom.